The molecule has 6 fully saturated rings. The maximum atomic E-state index is 13.8. The summed E-state index contributed by atoms with van der Waals surface area (Å²) < 4.78 is 11.7. The van der Waals surface area contributed by atoms with Crippen LogP contribution in [0.25, 0.3) is 0 Å². The first-order valence-electron chi connectivity index (χ1n) is 11.9. The normalized spacial score (nSPS) is 41.8. The van der Waals surface area contributed by atoms with E-state index in [-0.39, 0.29) is 30.8 Å². The summed E-state index contributed by atoms with van der Waals surface area (Å²) in [4.78, 5) is 27.3. The van der Waals surface area contributed by atoms with Crippen LogP contribution < -0.4 is 5.32 Å². The number of rotatable bonds is 9. The van der Waals surface area contributed by atoms with E-state index in [1.807, 2.05) is 0 Å². The van der Waals surface area contributed by atoms with E-state index in [1.54, 1.807) is 4.90 Å². The molecule has 32 heavy (non-hydrogen) atoms. The number of piperidine rings is 1. The van der Waals surface area contributed by atoms with Gasteiger partial charge < -0.3 is 29.9 Å². The summed E-state index contributed by atoms with van der Waals surface area (Å²) in [5, 5.41) is 30.7. The van der Waals surface area contributed by atoms with E-state index in [4.69, 9.17) is 14.6 Å². The van der Waals surface area contributed by atoms with Gasteiger partial charge in [0.15, 0.2) is 0 Å². The standard InChI is InChI=1S/C23H33N3O6/c24-12-17-6-16-7-18(16)26(17)20(28)19(25-21(29)30)22-8-14-5-15(9-22)11-23(10-14,13-22)32-4-3-31-2-1-27/h14-19,25,27H,1-11,13H2,(H,29,30)/t14-,15?,16+,17-,18-,19+,22+,23-/m0/s1. The van der Waals surface area contributed by atoms with E-state index in [2.05, 4.69) is 11.4 Å². The Labute approximate surface area is 188 Å². The molecule has 5 aliphatic carbocycles. The van der Waals surface area contributed by atoms with E-state index in [0.29, 0.717) is 43.8 Å². The quantitative estimate of drug-likeness (QED) is 0.456. The lowest BCUT2D eigenvalue weighted by molar-refractivity contribution is -0.206. The zero-order valence-corrected chi connectivity index (χ0v) is 18.4. The number of carboxylic acid groups (broad SMARTS) is 1. The third-order valence-corrected chi connectivity index (χ3v) is 8.56. The lowest BCUT2D eigenvalue weighted by Crippen LogP contribution is -2.67. The first-order chi connectivity index (χ1) is 15.4. The number of carbonyl (C=O) groups is 2. The molecule has 0 radical (unpaired) electrons. The highest BCUT2D eigenvalue weighted by Crippen LogP contribution is 2.64. The summed E-state index contributed by atoms with van der Waals surface area (Å²) in [6.07, 6.45) is 5.72. The molecule has 9 heteroatoms. The molecule has 6 aliphatic rings. The highest BCUT2D eigenvalue weighted by molar-refractivity contribution is 5.88. The fourth-order valence-corrected chi connectivity index (χ4v) is 7.88. The molecule has 9 nitrogen and oxygen atoms in total. The van der Waals surface area contributed by atoms with Crippen LogP contribution in [0.2, 0.25) is 0 Å². The fourth-order valence-electron chi connectivity index (χ4n) is 7.88. The Balaban J connectivity index is 1.38. The number of nitriles is 1. The average Bonchev–Trinajstić information content (AvgIpc) is 3.40. The number of hydrogen-bond acceptors (Lipinski definition) is 6. The zero-order chi connectivity index (χ0) is 22.5. The van der Waals surface area contributed by atoms with Gasteiger partial charge in [-0.05, 0) is 69.1 Å². The summed E-state index contributed by atoms with van der Waals surface area (Å²) in [6.45, 7) is 1.09. The Bertz CT molecular complexity index is 798. The number of nitrogens with zero attached hydrogens (tertiary/aromatic N) is 2. The van der Waals surface area contributed by atoms with Crippen LogP contribution in [0.3, 0.4) is 0 Å². The smallest absolute Gasteiger partial charge is 0.405 e. The maximum Gasteiger partial charge on any atom is 0.405 e. The van der Waals surface area contributed by atoms with Gasteiger partial charge in [-0.2, -0.15) is 5.26 Å². The van der Waals surface area contributed by atoms with Crippen molar-refractivity contribution < 1.29 is 29.3 Å². The number of ether oxygens (including phenoxy) is 2. The molecule has 6 rings (SSSR count). The van der Waals surface area contributed by atoms with E-state index < -0.39 is 23.6 Å². The lowest BCUT2D eigenvalue weighted by atomic mass is 9.46. The first-order valence-corrected chi connectivity index (χ1v) is 11.9. The van der Waals surface area contributed by atoms with Crippen LogP contribution in [-0.2, 0) is 14.3 Å². The van der Waals surface area contributed by atoms with Crippen molar-refractivity contribution >= 4 is 12.0 Å². The van der Waals surface area contributed by atoms with Crippen LogP contribution in [0, 0.1) is 34.5 Å². The van der Waals surface area contributed by atoms with Crippen LogP contribution >= 0.6 is 0 Å². The number of nitrogens with one attached hydrogen (secondary N) is 1. The van der Waals surface area contributed by atoms with Gasteiger partial charge >= 0.3 is 6.09 Å². The number of carbonyl (C=O) groups excluding carboxylic acids is 1. The summed E-state index contributed by atoms with van der Waals surface area (Å²) >= 11 is 0. The molecule has 1 aliphatic heterocycles. The van der Waals surface area contributed by atoms with Crippen molar-refractivity contribution in [2.75, 3.05) is 26.4 Å². The van der Waals surface area contributed by atoms with Crippen molar-refractivity contribution in [2.24, 2.45) is 23.2 Å². The summed E-state index contributed by atoms with van der Waals surface area (Å²) in [5.74, 6) is 1.01. The number of aliphatic hydroxyl groups is 1. The number of amides is 2. The first kappa shape index (κ1) is 21.9. The second kappa shape index (κ2) is 8.15. The molecule has 1 heterocycles. The number of likely N-dealkylation sites (tertiary alicyclic amines) is 1. The van der Waals surface area contributed by atoms with Crippen molar-refractivity contribution in [3.63, 3.8) is 0 Å². The molecule has 0 aromatic rings. The molecule has 1 unspecified atom stereocenters. The number of hydrogen-bond donors (Lipinski definition) is 3. The molecule has 1 saturated heterocycles. The highest BCUT2D eigenvalue weighted by Gasteiger charge is 2.64. The van der Waals surface area contributed by atoms with Gasteiger partial charge in [-0.3, -0.25) is 4.79 Å². The van der Waals surface area contributed by atoms with Crippen molar-refractivity contribution in [1.82, 2.24) is 10.2 Å². The minimum Gasteiger partial charge on any atom is -0.465 e. The Morgan fingerprint density at radius 3 is 2.53 bits per heavy atom. The average molecular weight is 448 g/mol. The summed E-state index contributed by atoms with van der Waals surface area (Å²) in [7, 11) is 0. The second-order valence-electron chi connectivity index (χ2n) is 10.8. The van der Waals surface area contributed by atoms with Crippen molar-refractivity contribution in [1.29, 1.82) is 5.26 Å². The Morgan fingerprint density at radius 1 is 1.12 bits per heavy atom. The van der Waals surface area contributed by atoms with Crippen molar-refractivity contribution in [3.05, 3.63) is 0 Å². The van der Waals surface area contributed by atoms with Crippen LogP contribution in [-0.4, -0.2) is 77.3 Å². The number of fused-ring (bicyclic) bond motifs is 1. The van der Waals surface area contributed by atoms with Gasteiger partial charge in [0.05, 0.1) is 38.1 Å². The molecule has 8 atom stereocenters. The molecule has 0 aromatic heterocycles. The van der Waals surface area contributed by atoms with Gasteiger partial charge in [0.2, 0.25) is 5.91 Å². The number of aliphatic hydroxyl groups excluding tert-OH is 1. The second-order valence-corrected chi connectivity index (χ2v) is 10.8. The van der Waals surface area contributed by atoms with Gasteiger partial charge in [-0.25, -0.2) is 4.79 Å². The van der Waals surface area contributed by atoms with Crippen LogP contribution in [0.4, 0.5) is 4.79 Å². The summed E-state index contributed by atoms with van der Waals surface area (Å²) in [6, 6.07) is 1.06. The van der Waals surface area contributed by atoms with Gasteiger partial charge in [-0.15, -0.1) is 0 Å². The van der Waals surface area contributed by atoms with Crippen molar-refractivity contribution in [3.8, 4) is 6.07 Å². The largest absolute Gasteiger partial charge is 0.465 e. The molecular formula is C23H33N3O6. The van der Waals surface area contributed by atoms with E-state index in [1.165, 1.54) is 0 Å². The van der Waals surface area contributed by atoms with Gasteiger partial charge in [-0.1, -0.05) is 0 Å². The Hall–Kier alpha value is -1.89. The molecule has 3 N–H and O–H groups in total. The van der Waals surface area contributed by atoms with Crippen molar-refractivity contribution in [2.45, 2.75) is 75.1 Å². The molecule has 5 saturated carbocycles. The molecule has 2 amide bonds. The van der Waals surface area contributed by atoms with Crippen LogP contribution in [0.1, 0.15) is 51.4 Å². The minimum absolute atomic E-state index is 0.0227. The minimum atomic E-state index is -1.19. The molecule has 0 aromatic carbocycles. The summed E-state index contributed by atoms with van der Waals surface area (Å²) in [5.41, 5.74) is -0.828. The molecular weight excluding hydrogens is 414 g/mol. The maximum absolute atomic E-state index is 13.8. The SMILES string of the molecule is N#C[C@@H]1C[C@@H]2C[C@@H]2N1C(=O)[C@@H](NC(=O)O)[C@]12CC3C[C@H](C[C@](OCCOCCO)(C3)C1)C2. The fraction of sp³-hybridized carbons (Fsp3) is 0.870. The Kier molecular flexibility index (Phi) is 5.59. The zero-order valence-electron chi connectivity index (χ0n) is 18.4. The Morgan fingerprint density at radius 2 is 1.88 bits per heavy atom. The van der Waals surface area contributed by atoms with Crippen LogP contribution in [0.15, 0.2) is 0 Å². The van der Waals surface area contributed by atoms with E-state index in [9.17, 15) is 20.0 Å². The van der Waals surface area contributed by atoms with Crippen LogP contribution in [0.5, 0.6) is 0 Å². The van der Waals surface area contributed by atoms with E-state index >= 15 is 0 Å². The monoisotopic (exact) mass is 447 g/mol. The highest BCUT2D eigenvalue weighted by atomic mass is 16.5. The van der Waals surface area contributed by atoms with Gasteiger partial charge in [0, 0.05) is 11.5 Å². The van der Waals surface area contributed by atoms with E-state index in [0.717, 1.165) is 38.5 Å². The molecule has 176 valence electrons. The van der Waals surface area contributed by atoms with Gasteiger partial charge in [0.25, 0.3) is 0 Å². The topological polar surface area (TPSA) is 132 Å². The third kappa shape index (κ3) is 3.76. The predicted octanol–water partition coefficient (Wildman–Crippen LogP) is 1.50. The van der Waals surface area contributed by atoms with Gasteiger partial charge in [0.1, 0.15) is 12.1 Å². The third-order valence-electron chi connectivity index (χ3n) is 8.56. The molecule has 4 bridgehead atoms. The lowest BCUT2D eigenvalue weighted by Gasteiger charge is -2.63. The molecule has 0 spiro atoms. The predicted molar refractivity (Wildman–Crippen MR) is 111 cm³/mol.